The van der Waals surface area contributed by atoms with Crippen molar-refractivity contribution < 1.29 is 14.4 Å². The molecule has 3 N–H and O–H groups in total. The number of nitrogens with two attached hydrogens (primary N) is 1. The summed E-state index contributed by atoms with van der Waals surface area (Å²) in [6.45, 7) is 1.26. The van der Waals surface area contributed by atoms with Crippen LogP contribution in [0.4, 0.5) is 4.79 Å². The Balaban J connectivity index is 1.34. The van der Waals surface area contributed by atoms with E-state index in [1.165, 1.54) is 16.7 Å². The Hall–Kier alpha value is -3.16. The smallest absolute Gasteiger partial charge is 0.332 e. The maximum absolute atomic E-state index is 13.2. The predicted molar refractivity (Wildman–Crippen MR) is 118 cm³/mol. The van der Waals surface area contributed by atoms with Gasteiger partial charge < -0.3 is 15.5 Å². The number of carbonyl (C=O) groups is 3. The number of rotatable bonds is 6. The quantitative estimate of drug-likeness (QED) is 0.540. The third-order valence-corrected chi connectivity index (χ3v) is 6.35. The maximum atomic E-state index is 13.2. The Bertz CT molecular complexity index is 926. The van der Waals surface area contributed by atoms with E-state index in [4.69, 9.17) is 5.73 Å². The van der Waals surface area contributed by atoms with Crippen LogP contribution in [0.2, 0.25) is 0 Å². The summed E-state index contributed by atoms with van der Waals surface area (Å²) in [6, 6.07) is 6.99. The molecule has 0 unspecified atom stereocenters. The standard InChI is InChI=1S/C23H29N5O3/c24-23(31)26-25-15-19-7-3-11-27(19)22(30)20-8-4-12-28(20)21(29)10-9-16-13-17-5-1-2-6-18(17)14-16/h1-2,5-6,13,15,19-20H,3-4,7-12,14H2,(H3,24,26,31)/t19-,20-/m0/s1. The maximum Gasteiger partial charge on any atom is 0.332 e. The van der Waals surface area contributed by atoms with E-state index in [2.05, 4.69) is 28.7 Å². The first-order valence-electron chi connectivity index (χ1n) is 11.0. The van der Waals surface area contributed by atoms with Gasteiger partial charge in [0.15, 0.2) is 0 Å². The van der Waals surface area contributed by atoms with Crippen molar-refractivity contribution in [3.05, 3.63) is 41.0 Å². The summed E-state index contributed by atoms with van der Waals surface area (Å²) in [5.41, 5.74) is 11.0. The number of carbonyl (C=O) groups excluding carboxylic acids is 3. The van der Waals surface area contributed by atoms with Crippen molar-refractivity contribution in [2.24, 2.45) is 10.8 Å². The number of likely N-dealkylation sites (tertiary alicyclic amines) is 2. The van der Waals surface area contributed by atoms with Gasteiger partial charge in [0.25, 0.3) is 0 Å². The molecule has 1 aromatic rings. The van der Waals surface area contributed by atoms with Gasteiger partial charge in [0.1, 0.15) is 6.04 Å². The van der Waals surface area contributed by atoms with E-state index >= 15 is 0 Å². The number of hydrogen-bond acceptors (Lipinski definition) is 4. The van der Waals surface area contributed by atoms with Crippen LogP contribution in [-0.2, 0) is 16.0 Å². The van der Waals surface area contributed by atoms with Gasteiger partial charge in [0.2, 0.25) is 11.8 Å². The minimum atomic E-state index is -0.736. The number of benzene rings is 1. The fourth-order valence-corrected chi connectivity index (χ4v) is 4.84. The molecule has 3 aliphatic rings. The van der Waals surface area contributed by atoms with Crippen LogP contribution in [-0.4, -0.2) is 59.0 Å². The van der Waals surface area contributed by atoms with Gasteiger partial charge in [0, 0.05) is 25.7 Å². The molecule has 164 valence electrons. The van der Waals surface area contributed by atoms with Crippen LogP contribution in [0.15, 0.2) is 34.9 Å². The van der Waals surface area contributed by atoms with Gasteiger partial charge in [-0.05, 0) is 49.7 Å². The molecule has 2 fully saturated rings. The van der Waals surface area contributed by atoms with Crippen molar-refractivity contribution >= 4 is 30.1 Å². The Morgan fingerprint density at radius 3 is 2.71 bits per heavy atom. The number of hydrogen-bond donors (Lipinski definition) is 2. The van der Waals surface area contributed by atoms with Crippen LogP contribution < -0.4 is 11.2 Å². The first-order chi connectivity index (χ1) is 15.0. The lowest BCUT2D eigenvalue weighted by molar-refractivity contribution is -0.143. The molecule has 1 aromatic carbocycles. The van der Waals surface area contributed by atoms with Crippen molar-refractivity contribution in [3.8, 4) is 0 Å². The number of allylic oxidation sites excluding steroid dienone is 1. The van der Waals surface area contributed by atoms with E-state index in [-0.39, 0.29) is 17.9 Å². The SMILES string of the molecule is NC(=O)NN=C[C@@H]1CCCN1C(=O)[C@@H]1CCCN1C(=O)CCC1=Cc2ccccc2C1. The zero-order chi connectivity index (χ0) is 21.8. The lowest BCUT2D eigenvalue weighted by atomic mass is 10.1. The van der Waals surface area contributed by atoms with Crippen molar-refractivity contribution in [1.82, 2.24) is 15.2 Å². The van der Waals surface area contributed by atoms with Crippen molar-refractivity contribution in [3.63, 3.8) is 0 Å². The molecule has 1 aliphatic carbocycles. The van der Waals surface area contributed by atoms with Gasteiger partial charge in [-0.15, -0.1) is 0 Å². The third-order valence-electron chi connectivity index (χ3n) is 6.35. The van der Waals surface area contributed by atoms with Crippen LogP contribution >= 0.6 is 0 Å². The molecule has 0 spiro atoms. The highest BCUT2D eigenvalue weighted by atomic mass is 16.2. The lowest BCUT2D eigenvalue weighted by Gasteiger charge is -2.30. The van der Waals surface area contributed by atoms with E-state index in [1.54, 1.807) is 16.0 Å². The normalized spacial score (nSPS) is 22.6. The van der Waals surface area contributed by atoms with Gasteiger partial charge in [0.05, 0.1) is 6.04 Å². The summed E-state index contributed by atoms with van der Waals surface area (Å²) in [5.74, 6) is 0.0267. The molecule has 4 rings (SSSR count). The van der Waals surface area contributed by atoms with E-state index < -0.39 is 12.1 Å². The zero-order valence-corrected chi connectivity index (χ0v) is 17.6. The predicted octanol–water partition coefficient (Wildman–Crippen LogP) is 2.04. The molecule has 0 radical (unpaired) electrons. The topological polar surface area (TPSA) is 108 Å². The highest BCUT2D eigenvalue weighted by Gasteiger charge is 2.39. The average Bonchev–Trinajstić information content (AvgIpc) is 3.50. The molecule has 2 aliphatic heterocycles. The molecule has 2 atom stereocenters. The summed E-state index contributed by atoms with van der Waals surface area (Å²) in [7, 11) is 0. The number of urea groups is 1. The van der Waals surface area contributed by atoms with Crippen molar-refractivity contribution in [1.29, 1.82) is 0 Å². The number of hydrazone groups is 1. The number of amides is 4. The van der Waals surface area contributed by atoms with Gasteiger partial charge in [-0.25, -0.2) is 10.2 Å². The van der Waals surface area contributed by atoms with Gasteiger partial charge in [-0.1, -0.05) is 35.9 Å². The second-order valence-corrected chi connectivity index (χ2v) is 8.42. The van der Waals surface area contributed by atoms with E-state index in [9.17, 15) is 14.4 Å². The van der Waals surface area contributed by atoms with Crippen LogP contribution in [0.5, 0.6) is 0 Å². The van der Waals surface area contributed by atoms with E-state index in [0.29, 0.717) is 25.9 Å². The highest BCUT2D eigenvalue weighted by molar-refractivity contribution is 5.90. The minimum absolute atomic E-state index is 0.0219. The van der Waals surface area contributed by atoms with E-state index in [0.717, 1.165) is 32.1 Å². The number of nitrogens with zero attached hydrogens (tertiary/aromatic N) is 3. The van der Waals surface area contributed by atoms with Crippen molar-refractivity contribution in [2.45, 2.75) is 57.0 Å². The number of primary amides is 1. The summed E-state index contributed by atoms with van der Waals surface area (Å²) < 4.78 is 0. The summed E-state index contributed by atoms with van der Waals surface area (Å²) in [5, 5.41) is 3.83. The fourth-order valence-electron chi connectivity index (χ4n) is 4.84. The van der Waals surface area contributed by atoms with Gasteiger partial charge >= 0.3 is 6.03 Å². The molecule has 0 saturated carbocycles. The summed E-state index contributed by atoms with van der Waals surface area (Å²) in [4.78, 5) is 40.5. The Labute approximate surface area is 182 Å². The van der Waals surface area contributed by atoms with Crippen LogP contribution in [0.25, 0.3) is 6.08 Å². The summed E-state index contributed by atoms with van der Waals surface area (Å²) in [6.07, 6.45) is 8.98. The molecule has 2 heterocycles. The Kier molecular flexibility index (Phi) is 6.34. The first-order valence-corrected chi connectivity index (χ1v) is 11.0. The zero-order valence-electron chi connectivity index (χ0n) is 17.6. The molecule has 8 heteroatoms. The molecule has 0 aromatic heterocycles. The highest BCUT2D eigenvalue weighted by Crippen LogP contribution is 2.29. The molecular weight excluding hydrogens is 394 g/mol. The molecule has 4 amide bonds. The monoisotopic (exact) mass is 423 g/mol. The third kappa shape index (κ3) is 4.78. The van der Waals surface area contributed by atoms with Crippen LogP contribution in [0.1, 0.15) is 49.7 Å². The molecular formula is C23H29N5O3. The second kappa shape index (κ2) is 9.32. The number of nitrogens with one attached hydrogen (secondary N) is 1. The van der Waals surface area contributed by atoms with E-state index in [1.807, 2.05) is 12.1 Å². The largest absolute Gasteiger partial charge is 0.350 e. The van der Waals surface area contributed by atoms with Crippen LogP contribution in [0, 0.1) is 0 Å². The molecule has 2 saturated heterocycles. The summed E-state index contributed by atoms with van der Waals surface area (Å²) >= 11 is 0. The lowest BCUT2D eigenvalue weighted by Crippen LogP contribution is -2.49. The Morgan fingerprint density at radius 1 is 1.13 bits per heavy atom. The first kappa shape index (κ1) is 21.1. The molecule has 8 nitrogen and oxygen atoms in total. The van der Waals surface area contributed by atoms with Gasteiger partial charge in [-0.2, -0.15) is 5.10 Å². The Morgan fingerprint density at radius 2 is 1.90 bits per heavy atom. The van der Waals surface area contributed by atoms with Gasteiger partial charge in [-0.3, -0.25) is 9.59 Å². The molecule has 31 heavy (non-hydrogen) atoms. The fraction of sp³-hybridized carbons (Fsp3) is 0.478. The average molecular weight is 424 g/mol. The molecule has 0 bridgehead atoms. The number of fused-ring (bicyclic) bond motifs is 1. The van der Waals surface area contributed by atoms with Crippen LogP contribution in [0.3, 0.4) is 0 Å². The van der Waals surface area contributed by atoms with Crippen molar-refractivity contribution in [2.75, 3.05) is 13.1 Å². The second-order valence-electron chi connectivity index (χ2n) is 8.42. The minimum Gasteiger partial charge on any atom is -0.350 e.